The van der Waals surface area contributed by atoms with Crippen LogP contribution in [-0.4, -0.2) is 17.8 Å². The number of rotatable bonds is 4. The first-order chi connectivity index (χ1) is 7.43. The van der Waals surface area contributed by atoms with Crippen molar-refractivity contribution in [1.29, 1.82) is 0 Å². The molecule has 0 aliphatic heterocycles. The van der Waals surface area contributed by atoms with Gasteiger partial charge in [0.05, 0.1) is 10.4 Å². The first-order valence-corrected chi connectivity index (χ1v) is 5.16. The number of ether oxygens (including phenoxy) is 1. The van der Waals surface area contributed by atoms with Gasteiger partial charge < -0.3 is 4.74 Å². The highest BCUT2D eigenvalue weighted by Crippen LogP contribution is 2.30. The van der Waals surface area contributed by atoms with Crippen LogP contribution in [0.3, 0.4) is 0 Å². The van der Waals surface area contributed by atoms with E-state index in [2.05, 4.69) is 4.74 Å². The minimum Gasteiger partial charge on any atom is -0.433 e. The van der Waals surface area contributed by atoms with Gasteiger partial charge in [-0.1, -0.05) is 17.7 Å². The van der Waals surface area contributed by atoms with Gasteiger partial charge in [-0.25, -0.2) is 0 Å². The average Bonchev–Trinajstić information content (AvgIpc) is 2.19. The molecule has 0 radical (unpaired) electrons. The molecule has 0 N–H and O–H groups in total. The maximum Gasteiger partial charge on any atom is 0.387 e. The van der Waals surface area contributed by atoms with Crippen molar-refractivity contribution in [2.24, 2.45) is 0 Å². The SMILES string of the molecule is CC(Cl)C(=O)c1cccc(OC(F)F)c1Cl. The van der Waals surface area contributed by atoms with Crippen LogP contribution >= 0.6 is 23.2 Å². The van der Waals surface area contributed by atoms with Gasteiger partial charge in [-0.15, -0.1) is 11.6 Å². The molecule has 6 heteroatoms. The molecule has 0 saturated heterocycles. The first kappa shape index (κ1) is 13.2. The highest BCUT2D eigenvalue weighted by atomic mass is 35.5. The topological polar surface area (TPSA) is 26.3 Å². The van der Waals surface area contributed by atoms with Gasteiger partial charge in [0, 0.05) is 5.56 Å². The fourth-order valence-electron chi connectivity index (χ4n) is 1.10. The molecule has 0 amide bonds. The van der Waals surface area contributed by atoms with Crippen molar-refractivity contribution in [3.8, 4) is 5.75 Å². The summed E-state index contributed by atoms with van der Waals surface area (Å²) in [6.07, 6.45) is 0. The quantitative estimate of drug-likeness (QED) is 0.614. The Morgan fingerprint density at radius 1 is 1.44 bits per heavy atom. The zero-order valence-electron chi connectivity index (χ0n) is 8.22. The van der Waals surface area contributed by atoms with E-state index in [1.807, 2.05) is 0 Å². The third-order valence-corrected chi connectivity index (χ3v) is 2.39. The van der Waals surface area contributed by atoms with Crippen molar-refractivity contribution in [3.05, 3.63) is 28.8 Å². The molecular weight excluding hydrogens is 261 g/mol. The number of carbonyl (C=O) groups is 1. The number of hydrogen-bond acceptors (Lipinski definition) is 2. The number of Topliss-reactive ketones (excluding diaryl/α,β-unsaturated/α-hetero) is 1. The van der Waals surface area contributed by atoms with E-state index < -0.39 is 17.8 Å². The smallest absolute Gasteiger partial charge is 0.387 e. The number of ketones is 1. The normalized spacial score (nSPS) is 12.6. The third kappa shape index (κ3) is 3.06. The predicted octanol–water partition coefficient (Wildman–Crippen LogP) is 3.75. The number of benzene rings is 1. The van der Waals surface area contributed by atoms with Crippen LogP contribution in [0.4, 0.5) is 8.78 Å². The van der Waals surface area contributed by atoms with Crippen LogP contribution in [0.15, 0.2) is 18.2 Å². The van der Waals surface area contributed by atoms with E-state index in [4.69, 9.17) is 23.2 Å². The van der Waals surface area contributed by atoms with E-state index >= 15 is 0 Å². The van der Waals surface area contributed by atoms with Crippen LogP contribution in [-0.2, 0) is 0 Å². The van der Waals surface area contributed by atoms with Gasteiger partial charge in [0.25, 0.3) is 0 Å². The van der Waals surface area contributed by atoms with Gasteiger partial charge in [-0.05, 0) is 19.1 Å². The summed E-state index contributed by atoms with van der Waals surface area (Å²) in [4.78, 5) is 11.5. The summed E-state index contributed by atoms with van der Waals surface area (Å²) in [6, 6.07) is 4.06. The molecule has 1 unspecified atom stereocenters. The van der Waals surface area contributed by atoms with Crippen LogP contribution in [0.5, 0.6) is 5.75 Å². The van der Waals surface area contributed by atoms with E-state index in [0.29, 0.717) is 0 Å². The molecule has 88 valence electrons. The fraction of sp³-hybridized carbons (Fsp3) is 0.300. The molecule has 0 aliphatic rings. The Morgan fingerprint density at radius 2 is 2.06 bits per heavy atom. The van der Waals surface area contributed by atoms with E-state index in [-0.39, 0.29) is 16.3 Å². The maximum absolute atomic E-state index is 12.0. The lowest BCUT2D eigenvalue weighted by molar-refractivity contribution is -0.0498. The summed E-state index contributed by atoms with van der Waals surface area (Å²) in [5, 5.41) is -0.931. The van der Waals surface area contributed by atoms with E-state index in [0.717, 1.165) is 0 Å². The summed E-state index contributed by atoms with van der Waals surface area (Å²) in [7, 11) is 0. The molecule has 1 atom stereocenters. The Hall–Kier alpha value is -0.870. The minimum absolute atomic E-state index is 0.0716. The number of alkyl halides is 3. The zero-order chi connectivity index (χ0) is 12.3. The van der Waals surface area contributed by atoms with Crippen molar-refractivity contribution in [1.82, 2.24) is 0 Å². The fourth-order valence-corrected chi connectivity index (χ4v) is 1.48. The molecular formula is C10H8Cl2F2O2. The second-order valence-corrected chi connectivity index (χ2v) is 4.01. The van der Waals surface area contributed by atoms with Crippen LogP contribution < -0.4 is 4.74 Å². The van der Waals surface area contributed by atoms with Gasteiger partial charge in [0.2, 0.25) is 0 Å². The lowest BCUT2D eigenvalue weighted by Crippen LogP contribution is -2.12. The van der Waals surface area contributed by atoms with Crippen LogP contribution in [0.1, 0.15) is 17.3 Å². The highest BCUT2D eigenvalue weighted by Gasteiger charge is 2.19. The van der Waals surface area contributed by atoms with E-state index in [1.54, 1.807) is 0 Å². The Kier molecular flexibility index (Phi) is 4.50. The molecule has 2 nitrogen and oxygen atoms in total. The van der Waals surface area contributed by atoms with E-state index in [1.165, 1.54) is 25.1 Å². The molecule has 1 aromatic rings. The molecule has 16 heavy (non-hydrogen) atoms. The Bertz CT molecular complexity index is 394. The average molecular weight is 269 g/mol. The maximum atomic E-state index is 12.0. The van der Waals surface area contributed by atoms with Gasteiger partial charge in [0.15, 0.2) is 5.78 Å². The molecule has 0 aromatic heterocycles. The minimum atomic E-state index is -2.99. The van der Waals surface area contributed by atoms with Crippen molar-refractivity contribution in [2.75, 3.05) is 0 Å². The molecule has 1 rings (SSSR count). The number of hydrogen-bond donors (Lipinski definition) is 0. The molecule has 0 aliphatic carbocycles. The first-order valence-electron chi connectivity index (χ1n) is 4.35. The molecule has 1 aromatic carbocycles. The summed E-state index contributed by atoms with van der Waals surface area (Å²) in [5.41, 5.74) is 0.0716. The van der Waals surface area contributed by atoms with E-state index in [9.17, 15) is 13.6 Å². The Balaban J connectivity index is 3.08. The van der Waals surface area contributed by atoms with Crippen molar-refractivity contribution in [2.45, 2.75) is 18.9 Å². The van der Waals surface area contributed by atoms with Gasteiger partial charge in [0.1, 0.15) is 5.75 Å². The Labute approximate surface area is 101 Å². The molecule has 0 bridgehead atoms. The zero-order valence-corrected chi connectivity index (χ0v) is 9.73. The van der Waals surface area contributed by atoms with Gasteiger partial charge in [-0.3, -0.25) is 4.79 Å². The van der Waals surface area contributed by atoms with Crippen molar-refractivity contribution in [3.63, 3.8) is 0 Å². The van der Waals surface area contributed by atoms with Crippen molar-refractivity contribution < 1.29 is 18.3 Å². The van der Waals surface area contributed by atoms with Crippen LogP contribution in [0, 0.1) is 0 Å². The monoisotopic (exact) mass is 268 g/mol. The second-order valence-electron chi connectivity index (χ2n) is 2.98. The van der Waals surface area contributed by atoms with Crippen molar-refractivity contribution >= 4 is 29.0 Å². The lowest BCUT2D eigenvalue weighted by Gasteiger charge is -2.10. The highest BCUT2D eigenvalue weighted by molar-refractivity contribution is 6.39. The molecule has 0 heterocycles. The molecule has 0 saturated carbocycles. The summed E-state index contributed by atoms with van der Waals surface area (Å²) >= 11 is 11.3. The molecule has 0 fully saturated rings. The van der Waals surface area contributed by atoms with Crippen LogP contribution in [0.25, 0.3) is 0 Å². The van der Waals surface area contributed by atoms with Gasteiger partial charge >= 0.3 is 6.61 Å². The summed E-state index contributed by atoms with van der Waals surface area (Å²) in [5.74, 6) is -0.675. The Morgan fingerprint density at radius 3 is 2.56 bits per heavy atom. The standard InChI is InChI=1S/C10H8Cl2F2O2/c1-5(11)9(15)6-3-2-4-7(8(6)12)16-10(13)14/h2-5,10H,1H3. The lowest BCUT2D eigenvalue weighted by atomic mass is 10.1. The largest absolute Gasteiger partial charge is 0.433 e. The summed E-state index contributed by atoms with van der Waals surface area (Å²) < 4.78 is 28.2. The third-order valence-electron chi connectivity index (χ3n) is 1.81. The van der Waals surface area contributed by atoms with Crippen LogP contribution in [0.2, 0.25) is 5.02 Å². The molecule has 0 spiro atoms. The predicted molar refractivity (Wildman–Crippen MR) is 57.7 cm³/mol. The second kappa shape index (κ2) is 5.46. The number of carbonyl (C=O) groups excluding carboxylic acids is 1. The van der Waals surface area contributed by atoms with Gasteiger partial charge in [-0.2, -0.15) is 8.78 Å². The number of halogens is 4. The summed E-state index contributed by atoms with van der Waals surface area (Å²) in [6.45, 7) is -1.52.